The Labute approximate surface area is 131 Å². The number of rotatable bonds is 7. The highest BCUT2D eigenvalue weighted by molar-refractivity contribution is 7.90. The maximum Gasteiger partial charge on any atom is 0.304 e. The van der Waals surface area contributed by atoms with Crippen LogP contribution in [-0.4, -0.2) is 45.3 Å². The lowest BCUT2D eigenvalue weighted by molar-refractivity contribution is -0.120. The minimum Gasteiger partial charge on any atom is -0.352 e. The second-order valence-electron chi connectivity index (χ2n) is 5.15. The average molecular weight is 331 g/mol. The Kier molecular flexibility index (Phi) is 6.31. The van der Waals surface area contributed by atoms with E-state index in [0.717, 1.165) is 27.2 Å². The summed E-state index contributed by atoms with van der Waals surface area (Å²) in [5, 5.41) is 2.71. The van der Waals surface area contributed by atoms with E-state index in [1.165, 1.54) is 26.2 Å². The summed E-state index contributed by atoms with van der Waals surface area (Å²) in [4.78, 5) is 12.0. The fourth-order valence-corrected chi connectivity index (χ4v) is 2.73. The van der Waals surface area contributed by atoms with Gasteiger partial charge >= 0.3 is 10.2 Å². The van der Waals surface area contributed by atoms with Crippen LogP contribution < -0.4 is 9.62 Å². The van der Waals surface area contributed by atoms with E-state index in [-0.39, 0.29) is 18.3 Å². The van der Waals surface area contributed by atoms with Crippen LogP contribution in [0.5, 0.6) is 0 Å². The third-order valence-corrected chi connectivity index (χ3v) is 4.98. The average Bonchev–Trinajstić information content (AvgIpc) is 2.45. The van der Waals surface area contributed by atoms with Gasteiger partial charge in [0.25, 0.3) is 0 Å². The van der Waals surface area contributed by atoms with E-state index in [0.29, 0.717) is 0 Å². The number of carbonyl (C=O) groups is 1. The van der Waals surface area contributed by atoms with E-state index in [4.69, 9.17) is 0 Å². The lowest BCUT2D eigenvalue weighted by Gasteiger charge is -2.27. The molecule has 0 aromatic heterocycles. The summed E-state index contributed by atoms with van der Waals surface area (Å²) in [6.45, 7) is 3.39. The molecule has 0 aliphatic heterocycles. The highest BCUT2D eigenvalue weighted by Gasteiger charge is 2.27. The SMILES string of the molecule is CC[C@@H](C)NC(=O)CN(c1ccc(F)cc1)S(=O)(=O)N(C)C. The van der Waals surface area contributed by atoms with Gasteiger partial charge in [0, 0.05) is 20.1 Å². The molecule has 0 spiro atoms. The van der Waals surface area contributed by atoms with Crippen LogP contribution in [0.2, 0.25) is 0 Å². The Balaban J connectivity index is 3.08. The first-order valence-electron chi connectivity index (χ1n) is 6.93. The molecule has 8 heteroatoms. The van der Waals surface area contributed by atoms with Crippen LogP contribution in [-0.2, 0) is 15.0 Å². The number of halogens is 1. The molecule has 22 heavy (non-hydrogen) atoms. The molecule has 6 nitrogen and oxygen atoms in total. The van der Waals surface area contributed by atoms with Crippen molar-refractivity contribution in [2.45, 2.75) is 26.3 Å². The Morgan fingerprint density at radius 1 is 1.27 bits per heavy atom. The smallest absolute Gasteiger partial charge is 0.304 e. The van der Waals surface area contributed by atoms with Gasteiger partial charge in [0.05, 0.1) is 5.69 Å². The van der Waals surface area contributed by atoms with Gasteiger partial charge in [0.2, 0.25) is 5.91 Å². The lowest BCUT2D eigenvalue weighted by atomic mass is 10.2. The van der Waals surface area contributed by atoms with Gasteiger partial charge in [0.1, 0.15) is 12.4 Å². The molecule has 124 valence electrons. The largest absolute Gasteiger partial charge is 0.352 e. The molecule has 0 heterocycles. The van der Waals surface area contributed by atoms with Crippen LogP contribution in [0.1, 0.15) is 20.3 Å². The molecule has 1 amide bonds. The van der Waals surface area contributed by atoms with Gasteiger partial charge in [-0.1, -0.05) is 6.92 Å². The van der Waals surface area contributed by atoms with Crippen molar-refractivity contribution in [3.8, 4) is 0 Å². The molecule has 0 saturated heterocycles. The topological polar surface area (TPSA) is 69.7 Å². The summed E-state index contributed by atoms with van der Waals surface area (Å²) in [5.74, 6) is -0.890. The number of carbonyl (C=O) groups excluding carboxylic acids is 1. The summed E-state index contributed by atoms with van der Waals surface area (Å²) in [6, 6.07) is 4.91. The van der Waals surface area contributed by atoms with Crippen molar-refractivity contribution < 1.29 is 17.6 Å². The fraction of sp³-hybridized carbons (Fsp3) is 0.500. The Hall–Kier alpha value is -1.67. The van der Waals surface area contributed by atoms with Crippen molar-refractivity contribution in [3.63, 3.8) is 0 Å². The van der Waals surface area contributed by atoms with E-state index in [1.54, 1.807) is 0 Å². The molecule has 1 rings (SSSR count). The molecule has 1 N–H and O–H groups in total. The first kappa shape index (κ1) is 18.4. The molecule has 0 aliphatic rings. The van der Waals surface area contributed by atoms with Crippen molar-refractivity contribution >= 4 is 21.8 Å². The highest BCUT2D eigenvalue weighted by Crippen LogP contribution is 2.19. The van der Waals surface area contributed by atoms with Crippen LogP contribution in [0.15, 0.2) is 24.3 Å². The van der Waals surface area contributed by atoms with Crippen molar-refractivity contribution in [1.82, 2.24) is 9.62 Å². The fourth-order valence-electron chi connectivity index (χ4n) is 1.66. The molecule has 1 aromatic rings. The van der Waals surface area contributed by atoms with Crippen LogP contribution in [0, 0.1) is 5.82 Å². The molecule has 0 unspecified atom stereocenters. The number of amides is 1. The first-order chi connectivity index (χ1) is 10.2. The molecular weight excluding hydrogens is 309 g/mol. The number of anilines is 1. The van der Waals surface area contributed by atoms with Gasteiger partial charge in [-0.15, -0.1) is 0 Å². The monoisotopic (exact) mass is 331 g/mol. The summed E-state index contributed by atoms with van der Waals surface area (Å²) in [5.41, 5.74) is 0.231. The summed E-state index contributed by atoms with van der Waals surface area (Å²) < 4.78 is 39.8. The molecular formula is C14H22FN3O3S. The molecule has 0 fully saturated rings. The number of hydrogen-bond acceptors (Lipinski definition) is 3. The van der Waals surface area contributed by atoms with E-state index < -0.39 is 21.9 Å². The van der Waals surface area contributed by atoms with E-state index >= 15 is 0 Å². The predicted molar refractivity (Wildman–Crippen MR) is 84.2 cm³/mol. The quantitative estimate of drug-likeness (QED) is 0.820. The zero-order valence-electron chi connectivity index (χ0n) is 13.2. The summed E-state index contributed by atoms with van der Waals surface area (Å²) in [7, 11) is -1.11. The molecule has 0 bridgehead atoms. The van der Waals surface area contributed by atoms with Gasteiger partial charge in [-0.25, -0.2) is 8.70 Å². The molecule has 0 radical (unpaired) electrons. The summed E-state index contributed by atoms with van der Waals surface area (Å²) in [6.07, 6.45) is 0.739. The standard InChI is InChI=1S/C14H22FN3O3S/c1-5-11(2)16-14(19)10-18(22(20,21)17(3)4)13-8-6-12(15)7-9-13/h6-9,11H,5,10H2,1-4H3,(H,16,19)/t11-/m1/s1. The Morgan fingerprint density at radius 2 is 1.82 bits per heavy atom. The van der Waals surface area contributed by atoms with Crippen LogP contribution >= 0.6 is 0 Å². The normalized spacial score (nSPS) is 13.0. The zero-order valence-corrected chi connectivity index (χ0v) is 14.0. The van der Waals surface area contributed by atoms with Crippen molar-refractivity contribution in [2.75, 3.05) is 24.9 Å². The Morgan fingerprint density at radius 3 is 2.27 bits per heavy atom. The Bertz CT molecular complexity index is 602. The lowest BCUT2D eigenvalue weighted by Crippen LogP contribution is -2.47. The van der Waals surface area contributed by atoms with Gasteiger partial charge in [-0.3, -0.25) is 4.79 Å². The van der Waals surface area contributed by atoms with Gasteiger partial charge in [0.15, 0.2) is 0 Å². The van der Waals surface area contributed by atoms with Gasteiger partial charge in [-0.05, 0) is 37.6 Å². The van der Waals surface area contributed by atoms with Crippen LogP contribution in [0.25, 0.3) is 0 Å². The molecule has 1 atom stereocenters. The van der Waals surface area contributed by atoms with E-state index in [1.807, 2.05) is 13.8 Å². The highest BCUT2D eigenvalue weighted by atomic mass is 32.2. The van der Waals surface area contributed by atoms with Gasteiger partial charge in [-0.2, -0.15) is 12.7 Å². The second kappa shape index (κ2) is 7.55. The summed E-state index contributed by atoms with van der Waals surface area (Å²) >= 11 is 0. The first-order valence-corrected chi connectivity index (χ1v) is 8.33. The molecule has 0 saturated carbocycles. The maximum atomic E-state index is 13.0. The van der Waals surface area contributed by atoms with Crippen molar-refractivity contribution in [2.24, 2.45) is 0 Å². The number of benzene rings is 1. The third kappa shape index (κ3) is 4.67. The number of hydrogen-bond donors (Lipinski definition) is 1. The third-order valence-electron chi connectivity index (χ3n) is 3.16. The number of nitrogens with zero attached hydrogens (tertiary/aromatic N) is 2. The van der Waals surface area contributed by atoms with E-state index in [2.05, 4.69) is 5.32 Å². The minimum absolute atomic E-state index is 0.0513. The maximum absolute atomic E-state index is 13.0. The zero-order chi connectivity index (χ0) is 16.9. The molecule has 1 aromatic carbocycles. The second-order valence-corrected chi connectivity index (χ2v) is 7.22. The van der Waals surface area contributed by atoms with Gasteiger partial charge < -0.3 is 5.32 Å². The van der Waals surface area contributed by atoms with Crippen LogP contribution in [0.3, 0.4) is 0 Å². The van der Waals surface area contributed by atoms with Crippen molar-refractivity contribution in [3.05, 3.63) is 30.1 Å². The predicted octanol–water partition coefficient (Wildman–Crippen LogP) is 1.35. The van der Waals surface area contributed by atoms with Crippen molar-refractivity contribution in [1.29, 1.82) is 0 Å². The van der Waals surface area contributed by atoms with Crippen LogP contribution in [0.4, 0.5) is 10.1 Å². The minimum atomic E-state index is -3.86. The van der Waals surface area contributed by atoms with E-state index in [9.17, 15) is 17.6 Å². The molecule has 0 aliphatic carbocycles. The number of nitrogens with one attached hydrogen (secondary N) is 1.